The lowest BCUT2D eigenvalue weighted by molar-refractivity contribution is -0.161. The van der Waals surface area contributed by atoms with Gasteiger partial charge in [-0.1, -0.05) is 6.92 Å². The number of ether oxygens (including phenoxy) is 1. The van der Waals surface area contributed by atoms with Crippen LogP contribution >= 0.6 is 0 Å². The first kappa shape index (κ1) is 14.5. The number of aliphatic hydroxyl groups is 1. The fourth-order valence-electron chi connectivity index (χ4n) is 2.33. The van der Waals surface area contributed by atoms with Gasteiger partial charge in [0, 0.05) is 6.04 Å². The van der Waals surface area contributed by atoms with E-state index in [1.54, 1.807) is 0 Å². The second kappa shape index (κ2) is 5.36. The average Bonchev–Trinajstić information content (AvgIpc) is 2.55. The van der Waals surface area contributed by atoms with E-state index in [0.717, 1.165) is 13.0 Å². The van der Waals surface area contributed by atoms with Gasteiger partial charge in [-0.3, -0.25) is 9.69 Å². The number of esters is 1. The van der Waals surface area contributed by atoms with E-state index >= 15 is 0 Å². The van der Waals surface area contributed by atoms with Crippen molar-refractivity contribution in [2.45, 2.75) is 58.7 Å². The Morgan fingerprint density at radius 3 is 2.59 bits per heavy atom. The number of carbonyl (C=O) groups excluding carboxylic acids is 1. The summed E-state index contributed by atoms with van der Waals surface area (Å²) in [5, 5.41) is 9.38. The third kappa shape index (κ3) is 3.68. The molecular weight excluding hydrogens is 218 g/mol. The molecule has 1 heterocycles. The maximum absolute atomic E-state index is 12.0. The van der Waals surface area contributed by atoms with Crippen molar-refractivity contribution in [3.63, 3.8) is 0 Å². The molecule has 17 heavy (non-hydrogen) atoms. The Kier molecular flexibility index (Phi) is 4.55. The second-order valence-electron chi connectivity index (χ2n) is 5.96. The number of rotatable bonds is 3. The SMILES string of the molecule is CC1CCN(C(C)C(=O)OC(C)(C)C)C1CO. The van der Waals surface area contributed by atoms with Crippen LogP contribution in [0.2, 0.25) is 0 Å². The molecule has 1 aliphatic heterocycles. The van der Waals surface area contributed by atoms with E-state index in [2.05, 4.69) is 11.8 Å². The second-order valence-corrected chi connectivity index (χ2v) is 5.96. The lowest BCUT2D eigenvalue weighted by Gasteiger charge is -2.31. The zero-order chi connectivity index (χ0) is 13.2. The molecule has 100 valence electrons. The van der Waals surface area contributed by atoms with Gasteiger partial charge in [-0.05, 0) is 46.6 Å². The van der Waals surface area contributed by atoms with Crippen LogP contribution in [0, 0.1) is 5.92 Å². The molecule has 0 aromatic rings. The van der Waals surface area contributed by atoms with Crippen molar-refractivity contribution < 1.29 is 14.6 Å². The number of nitrogens with zero attached hydrogens (tertiary/aromatic N) is 1. The Labute approximate surface area is 104 Å². The van der Waals surface area contributed by atoms with Crippen LogP contribution in [0.15, 0.2) is 0 Å². The molecule has 1 aliphatic rings. The maximum Gasteiger partial charge on any atom is 0.323 e. The fraction of sp³-hybridized carbons (Fsp3) is 0.923. The Morgan fingerprint density at radius 2 is 2.12 bits per heavy atom. The molecule has 1 N–H and O–H groups in total. The summed E-state index contributed by atoms with van der Waals surface area (Å²) < 4.78 is 5.38. The Morgan fingerprint density at radius 1 is 1.53 bits per heavy atom. The molecule has 3 unspecified atom stereocenters. The molecule has 4 nitrogen and oxygen atoms in total. The lowest BCUT2D eigenvalue weighted by Crippen LogP contribution is -2.47. The molecule has 0 amide bonds. The van der Waals surface area contributed by atoms with Gasteiger partial charge < -0.3 is 9.84 Å². The van der Waals surface area contributed by atoms with Gasteiger partial charge in [0.25, 0.3) is 0 Å². The third-order valence-electron chi connectivity index (χ3n) is 3.36. The van der Waals surface area contributed by atoms with Gasteiger partial charge in [0.15, 0.2) is 0 Å². The Balaban J connectivity index is 2.63. The minimum Gasteiger partial charge on any atom is -0.459 e. The summed E-state index contributed by atoms with van der Waals surface area (Å²) in [6.07, 6.45) is 1.03. The van der Waals surface area contributed by atoms with Crippen LogP contribution in [0.25, 0.3) is 0 Å². The smallest absolute Gasteiger partial charge is 0.323 e. The Bertz CT molecular complexity index is 272. The standard InChI is InChI=1S/C13H25NO3/c1-9-6-7-14(11(9)8-15)10(2)12(16)17-13(3,4)5/h9-11,15H,6-8H2,1-5H3. The summed E-state index contributed by atoms with van der Waals surface area (Å²) in [4.78, 5) is 14.0. The quantitative estimate of drug-likeness (QED) is 0.762. The molecule has 0 saturated carbocycles. The van der Waals surface area contributed by atoms with Crippen molar-refractivity contribution in [2.75, 3.05) is 13.2 Å². The van der Waals surface area contributed by atoms with Crippen molar-refractivity contribution in [2.24, 2.45) is 5.92 Å². The predicted octanol–water partition coefficient (Wildman–Crippen LogP) is 1.42. The zero-order valence-electron chi connectivity index (χ0n) is 11.6. The van der Waals surface area contributed by atoms with E-state index in [-0.39, 0.29) is 24.7 Å². The van der Waals surface area contributed by atoms with E-state index in [1.165, 1.54) is 0 Å². The van der Waals surface area contributed by atoms with Crippen molar-refractivity contribution in [1.82, 2.24) is 4.90 Å². The molecular formula is C13H25NO3. The molecule has 3 atom stereocenters. The van der Waals surface area contributed by atoms with Crippen LogP contribution in [0.4, 0.5) is 0 Å². The normalized spacial score (nSPS) is 28.1. The largest absolute Gasteiger partial charge is 0.459 e. The van der Waals surface area contributed by atoms with Crippen LogP contribution in [0.3, 0.4) is 0 Å². The van der Waals surface area contributed by atoms with E-state index in [1.807, 2.05) is 27.7 Å². The van der Waals surface area contributed by atoms with E-state index in [4.69, 9.17) is 4.74 Å². The molecule has 0 aliphatic carbocycles. The van der Waals surface area contributed by atoms with Crippen LogP contribution in [-0.2, 0) is 9.53 Å². The average molecular weight is 243 g/mol. The van der Waals surface area contributed by atoms with Gasteiger partial charge in [0.2, 0.25) is 0 Å². The number of hydrogen-bond acceptors (Lipinski definition) is 4. The van der Waals surface area contributed by atoms with Gasteiger partial charge in [0.05, 0.1) is 6.61 Å². The third-order valence-corrected chi connectivity index (χ3v) is 3.36. The minimum absolute atomic E-state index is 0.0810. The Hall–Kier alpha value is -0.610. The summed E-state index contributed by atoms with van der Waals surface area (Å²) in [6, 6.07) is -0.200. The van der Waals surface area contributed by atoms with Gasteiger partial charge in [-0.25, -0.2) is 0 Å². The van der Waals surface area contributed by atoms with E-state index in [0.29, 0.717) is 5.92 Å². The highest BCUT2D eigenvalue weighted by molar-refractivity contribution is 5.75. The first-order chi connectivity index (χ1) is 7.76. The highest BCUT2D eigenvalue weighted by atomic mass is 16.6. The molecule has 4 heteroatoms. The minimum atomic E-state index is -0.453. The molecule has 0 aromatic heterocycles. The summed E-state index contributed by atoms with van der Waals surface area (Å²) >= 11 is 0. The van der Waals surface area contributed by atoms with Crippen molar-refractivity contribution >= 4 is 5.97 Å². The monoisotopic (exact) mass is 243 g/mol. The van der Waals surface area contributed by atoms with Crippen molar-refractivity contribution in [3.05, 3.63) is 0 Å². The van der Waals surface area contributed by atoms with Crippen LogP contribution in [0.1, 0.15) is 41.0 Å². The molecule has 0 spiro atoms. The van der Waals surface area contributed by atoms with E-state index in [9.17, 15) is 9.90 Å². The highest BCUT2D eigenvalue weighted by Gasteiger charge is 2.37. The maximum atomic E-state index is 12.0. The van der Waals surface area contributed by atoms with Crippen LogP contribution < -0.4 is 0 Å². The van der Waals surface area contributed by atoms with Crippen molar-refractivity contribution in [1.29, 1.82) is 0 Å². The number of likely N-dealkylation sites (tertiary alicyclic amines) is 1. The first-order valence-corrected chi connectivity index (χ1v) is 6.35. The number of carbonyl (C=O) groups is 1. The summed E-state index contributed by atoms with van der Waals surface area (Å²) in [6.45, 7) is 10.5. The predicted molar refractivity (Wildman–Crippen MR) is 66.7 cm³/mol. The van der Waals surface area contributed by atoms with Crippen molar-refractivity contribution in [3.8, 4) is 0 Å². The lowest BCUT2D eigenvalue weighted by atomic mass is 10.0. The summed E-state index contributed by atoms with van der Waals surface area (Å²) in [7, 11) is 0. The molecule has 0 aromatic carbocycles. The van der Waals surface area contributed by atoms with Crippen LogP contribution in [0.5, 0.6) is 0 Å². The molecule has 1 fully saturated rings. The fourth-order valence-corrected chi connectivity index (χ4v) is 2.33. The molecule has 1 saturated heterocycles. The molecule has 1 rings (SSSR count). The zero-order valence-corrected chi connectivity index (χ0v) is 11.6. The van der Waals surface area contributed by atoms with Gasteiger partial charge in [0.1, 0.15) is 11.6 Å². The van der Waals surface area contributed by atoms with Crippen LogP contribution in [-0.4, -0.2) is 46.8 Å². The number of aliphatic hydroxyl groups excluding tert-OH is 1. The topological polar surface area (TPSA) is 49.8 Å². The first-order valence-electron chi connectivity index (χ1n) is 6.35. The van der Waals surface area contributed by atoms with Gasteiger partial charge >= 0.3 is 5.97 Å². The molecule has 0 bridgehead atoms. The van der Waals surface area contributed by atoms with Gasteiger partial charge in [-0.15, -0.1) is 0 Å². The number of hydrogen-bond donors (Lipinski definition) is 1. The summed E-state index contributed by atoms with van der Waals surface area (Å²) in [5.74, 6) is 0.231. The van der Waals surface area contributed by atoms with Gasteiger partial charge in [-0.2, -0.15) is 0 Å². The van der Waals surface area contributed by atoms with E-state index < -0.39 is 5.60 Å². The molecule has 0 radical (unpaired) electrons. The summed E-state index contributed by atoms with van der Waals surface area (Å²) in [5.41, 5.74) is -0.453. The highest BCUT2D eigenvalue weighted by Crippen LogP contribution is 2.26.